The lowest BCUT2D eigenvalue weighted by Gasteiger charge is -2.25. The first kappa shape index (κ1) is 18.3. The Hall–Kier alpha value is -2.49. The summed E-state index contributed by atoms with van der Waals surface area (Å²) in [6, 6.07) is 14.2. The van der Waals surface area contributed by atoms with E-state index in [9.17, 15) is 4.79 Å². The molecule has 1 heterocycles. The van der Waals surface area contributed by atoms with Crippen molar-refractivity contribution in [3.8, 4) is 11.5 Å². The lowest BCUT2D eigenvalue weighted by atomic mass is 9.95. The number of aryl methyl sites for hydroxylation is 2. The highest BCUT2D eigenvalue weighted by molar-refractivity contribution is 5.76. The molecule has 0 aliphatic carbocycles. The van der Waals surface area contributed by atoms with E-state index >= 15 is 0 Å². The summed E-state index contributed by atoms with van der Waals surface area (Å²) in [7, 11) is 0. The summed E-state index contributed by atoms with van der Waals surface area (Å²) in [6.45, 7) is 7.43. The highest BCUT2D eigenvalue weighted by atomic mass is 16.6. The zero-order valence-corrected chi connectivity index (χ0v) is 15.7. The van der Waals surface area contributed by atoms with Gasteiger partial charge in [-0.15, -0.1) is 0 Å². The molecule has 1 atom stereocenters. The van der Waals surface area contributed by atoms with Gasteiger partial charge in [0, 0.05) is 6.42 Å². The Morgan fingerprint density at radius 3 is 2.42 bits per heavy atom. The first-order valence-corrected chi connectivity index (χ1v) is 9.27. The highest BCUT2D eigenvalue weighted by Crippen LogP contribution is 2.34. The minimum atomic E-state index is -0.0451. The second-order valence-corrected chi connectivity index (χ2v) is 7.18. The Morgan fingerprint density at radius 2 is 1.73 bits per heavy atom. The van der Waals surface area contributed by atoms with Crippen LogP contribution in [-0.4, -0.2) is 19.1 Å². The largest absolute Gasteiger partial charge is 0.486 e. The van der Waals surface area contributed by atoms with E-state index in [0.717, 1.165) is 23.5 Å². The zero-order valence-electron chi connectivity index (χ0n) is 15.7. The molecule has 3 rings (SSSR count). The quantitative estimate of drug-likeness (QED) is 0.846. The van der Waals surface area contributed by atoms with E-state index in [-0.39, 0.29) is 17.9 Å². The van der Waals surface area contributed by atoms with Crippen molar-refractivity contribution in [1.29, 1.82) is 0 Å². The van der Waals surface area contributed by atoms with E-state index in [2.05, 4.69) is 50.4 Å². The second kappa shape index (κ2) is 8.26. The number of carbonyl (C=O) groups is 1. The van der Waals surface area contributed by atoms with Crippen LogP contribution in [0, 0.1) is 12.8 Å². The van der Waals surface area contributed by atoms with Crippen molar-refractivity contribution in [1.82, 2.24) is 5.32 Å². The van der Waals surface area contributed by atoms with E-state index < -0.39 is 0 Å². The third kappa shape index (κ3) is 4.57. The molecule has 1 amide bonds. The zero-order chi connectivity index (χ0) is 18.5. The normalized spacial score (nSPS) is 14.2. The van der Waals surface area contributed by atoms with Gasteiger partial charge in [-0.2, -0.15) is 0 Å². The number of nitrogens with one attached hydrogen (secondary N) is 1. The molecule has 0 saturated carbocycles. The van der Waals surface area contributed by atoms with Crippen molar-refractivity contribution in [2.45, 2.75) is 39.7 Å². The molecule has 4 nitrogen and oxygen atoms in total. The summed E-state index contributed by atoms with van der Waals surface area (Å²) in [6.07, 6.45) is 1.23. The molecular formula is C22H27NO3. The summed E-state index contributed by atoms with van der Waals surface area (Å²) in [5.74, 6) is 1.88. The van der Waals surface area contributed by atoms with Crippen LogP contribution in [-0.2, 0) is 11.2 Å². The molecule has 2 aromatic rings. The highest BCUT2D eigenvalue weighted by Gasteiger charge is 2.21. The number of amides is 1. The summed E-state index contributed by atoms with van der Waals surface area (Å²) in [5.41, 5.74) is 3.47. The number of benzene rings is 2. The fourth-order valence-corrected chi connectivity index (χ4v) is 3.15. The van der Waals surface area contributed by atoms with Gasteiger partial charge in [0.05, 0.1) is 6.04 Å². The lowest BCUT2D eigenvalue weighted by Crippen LogP contribution is -2.32. The number of fused-ring (bicyclic) bond motifs is 1. The third-order valence-corrected chi connectivity index (χ3v) is 4.67. The maximum atomic E-state index is 12.5. The van der Waals surface area contributed by atoms with Crippen LogP contribution in [0.25, 0.3) is 0 Å². The Labute approximate surface area is 155 Å². The molecule has 1 aliphatic rings. The van der Waals surface area contributed by atoms with E-state index in [1.165, 1.54) is 11.1 Å². The molecule has 0 bridgehead atoms. The van der Waals surface area contributed by atoms with E-state index in [0.29, 0.717) is 19.6 Å². The van der Waals surface area contributed by atoms with Gasteiger partial charge in [-0.05, 0) is 42.5 Å². The molecular weight excluding hydrogens is 326 g/mol. The number of hydrogen-bond acceptors (Lipinski definition) is 3. The van der Waals surface area contributed by atoms with Gasteiger partial charge in [-0.25, -0.2) is 0 Å². The Bertz CT molecular complexity index is 752. The second-order valence-electron chi connectivity index (χ2n) is 7.18. The van der Waals surface area contributed by atoms with E-state index in [1.54, 1.807) is 0 Å². The molecule has 138 valence electrons. The van der Waals surface area contributed by atoms with Gasteiger partial charge < -0.3 is 14.8 Å². The average Bonchev–Trinajstić information content (AvgIpc) is 2.65. The summed E-state index contributed by atoms with van der Waals surface area (Å²) in [5, 5.41) is 3.19. The molecule has 26 heavy (non-hydrogen) atoms. The van der Waals surface area contributed by atoms with Crippen molar-refractivity contribution >= 4 is 5.91 Å². The molecule has 0 radical (unpaired) electrons. The molecule has 2 aromatic carbocycles. The van der Waals surface area contributed by atoms with E-state index in [4.69, 9.17) is 9.47 Å². The SMILES string of the molecule is Cc1ccc(CCC(=O)NC(c2ccc3c(c2)OCCO3)C(C)C)cc1. The molecule has 1 unspecified atom stereocenters. The van der Waals surface area contributed by atoms with Crippen LogP contribution in [0.15, 0.2) is 42.5 Å². The monoisotopic (exact) mass is 353 g/mol. The number of rotatable bonds is 6. The predicted octanol–water partition coefficient (Wildman–Crippen LogP) is 4.21. The van der Waals surface area contributed by atoms with Crippen LogP contribution >= 0.6 is 0 Å². The van der Waals surface area contributed by atoms with E-state index in [1.807, 2.05) is 18.2 Å². The van der Waals surface area contributed by atoms with Crippen molar-refractivity contribution in [2.75, 3.05) is 13.2 Å². The number of carbonyl (C=O) groups excluding carboxylic acids is 1. The van der Waals surface area contributed by atoms with Gasteiger partial charge >= 0.3 is 0 Å². The Kier molecular flexibility index (Phi) is 5.82. The Morgan fingerprint density at radius 1 is 1.04 bits per heavy atom. The average molecular weight is 353 g/mol. The van der Waals surface area contributed by atoms with Crippen LogP contribution < -0.4 is 14.8 Å². The smallest absolute Gasteiger partial charge is 0.220 e. The van der Waals surface area contributed by atoms with Gasteiger partial charge in [0.25, 0.3) is 0 Å². The van der Waals surface area contributed by atoms with Crippen molar-refractivity contribution in [3.63, 3.8) is 0 Å². The minimum absolute atomic E-state index is 0.0451. The predicted molar refractivity (Wildman–Crippen MR) is 103 cm³/mol. The topological polar surface area (TPSA) is 47.6 Å². The minimum Gasteiger partial charge on any atom is -0.486 e. The first-order valence-electron chi connectivity index (χ1n) is 9.27. The van der Waals surface area contributed by atoms with Crippen molar-refractivity contribution < 1.29 is 14.3 Å². The molecule has 1 N–H and O–H groups in total. The third-order valence-electron chi connectivity index (χ3n) is 4.67. The maximum absolute atomic E-state index is 12.5. The van der Waals surface area contributed by atoms with Crippen molar-refractivity contribution in [2.24, 2.45) is 5.92 Å². The van der Waals surface area contributed by atoms with Crippen LogP contribution in [0.1, 0.15) is 43.0 Å². The molecule has 0 spiro atoms. The molecule has 4 heteroatoms. The van der Waals surface area contributed by atoms with Gasteiger partial charge in [0.2, 0.25) is 5.91 Å². The lowest BCUT2D eigenvalue weighted by molar-refractivity contribution is -0.122. The van der Waals surface area contributed by atoms with Gasteiger partial charge in [-0.1, -0.05) is 49.7 Å². The maximum Gasteiger partial charge on any atom is 0.220 e. The Balaban J connectivity index is 1.64. The fourth-order valence-electron chi connectivity index (χ4n) is 3.15. The van der Waals surface area contributed by atoms with Gasteiger partial charge in [0.15, 0.2) is 11.5 Å². The summed E-state index contributed by atoms with van der Waals surface area (Å²) < 4.78 is 11.3. The van der Waals surface area contributed by atoms with Gasteiger partial charge in [-0.3, -0.25) is 4.79 Å². The molecule has 0 aromatic heterocycles. The summed E-state index contributed by atoms with van der Waals surface area (Å²) >= 11 is 0. The number of ether oxygens (including phenoxy) is 2. The van der Waals surface area contributed by atoms with Crippen LogP contribution in [0.4, 0.5) is 0 Å². The molecule has 1 aliphatic heterocycles. The standard InChI is InChI=1S/C22H27NO3/c1-15(2)22(18-9-10-19-20(14-18)26-13-12-25-19)23-21(24)11-8-17-6-4-16(3)5-7-17/h4-7,9-10,14-15,22H,8,11-13H2,1-3H3,(H,23,24). The number of hydrogen-bond donors (Lipinski definition) is 1. The van der Waals surface area contributed by atoms with Crippen LogP contribution in [0.2, 0.25) is 0 Å². The van der Waals surface area contributed by atoms with Crippen molar-refractivity contribution in [3.05, 3.63) is 59.2 Å². The van der Waals surface area contributed by atoms with Crippen LogP contribution in [0.5, 0.6) is 11.5 Å². The fraction of sp³-hybridized carbons (Fsp3) is 0.409. The van der Waals surface area contributed by atoms with Crippen LogP contribution in [0.3, 0.4) is 0 Å². The molecule has 0 fully saturated rings. The summed E-state index contributed by atoms with van der Waals surface area (Å²) in [4.78, 5) is 12.5. The first-order chi connectivity index (χ1) is 12.5. The van der Waals surface area contributed by atoms with Gasteiger partial charge in [0.1, 0.15) is 13.2 Å². The molecule has 0 saturated heterocycles.